The Morgan fingerprint density at radius 2 is 2.00 bits per heavy atom. The highest BCUT2D eigenvalue weighted by molar-refractivity contribution is 5.85. The van der Waals surface area contributed by atoms with Crippen LogP contribution in [-0.2, 0) is 0 Å². The van der Waals surface area contributed by atoms with E-state index in [4.69, 9.17) is 9.84 Å². The Hall–Kier alpha value is -2.83. The van der Waals surface area contributed by atoms with Gasteiger partial charge in [0.15, 0.2) is 5.75 Å². The van der Waals surface area contributed by atoms with E-state index < -0.39 is 22.8 Å². The molecule has 0 atom stereocenters. The fourth-order valence-electron chi connectivity index (χ4n) is 1.61. The van der Waals surface area contributed by atoms with E-state index in [-0.39, 0.29) is 0 Å². The predicted octanol–water partition coefficient (Wildman–Crippen LogP) is 1.03. The standard InChI is InChI=1S/C13H12N2O5/c1-2-20-9-5-3-8(4-6-9)15-7-10(16)12(17)11(14-15)13(18)19/h3-7,16H,2H2,1H3,(H,18,19). The van der Waals surface area contributed by atoms with Crippen molar-refractivity contribution in [1.82, 2.24) is 9.78 Å². The van der Waals surface area contributed by atoms with Crippen LogP contribution in [0, 0.1) is 0 Å². The molecular weight excluding hydrogens is 264 g/mol. The maximum atomic E-state index is 11.4. The van der Waals surface area contributed by atoms with E-state index in [2.05, 4.69) is 5.10 Å². The van der Waals surface area contributed by atoms with Crippen molar-refractivity contribution in [2.75, 3.05) is 6.61 Å². The molecule has 0 saturated heterocycles. The summed E-state index contributed by atoms with van der Waals surface area (Å²) in [6, 6.07) is 6.62. The SMILES string of the molecule is CCOc1ccc(-n2cc(O)c(=O)c(C(=O)O)n2)cc1. The third-order valence-electron chi connectivity index (χ3n) is 2.51. The molecule has 7 nitrogen and oxygen atoms in total. The Labute approximate surface area is 113 Å². The average Bonchev–Trinajstić information content (AvgIpc) is 2.42. The van der Waals surface area contributed by atoms with Crippen LogP contribution >= 0.6 is 0 Å². The second kappa shape index (κ2) is 5.43. The molecule has 0 spiro atoms. The van der Waals surface area contributed by atoms with Gasteiger partial charge in [-0.25, -0.2) is 9.48 Å². The first-order valence-electron chi connectivity index (χ1n) is 5.82. The predicted molar refractivity (Wildman–Crippen MR) is 69.6 cm³/mol. The number of aromatic carboxylic acids is 1. The minimum atomic E-state index is -1.49. The van der Waals surface area contributed by atoms with Crippen molar-refractivity contribution in [2.24, 2.45) is 0 Å². The first-order valence-corrected chi connectivity index (χ1v) is 5.82. The number of hydrogen-bond donors (Lipinski definition) is 2. The number of benzene rings is 1. The lowest BCUT2D eigenvalue weighted by Gasteiger charge is -2.08. The fraction of sp³-hybridized carbons (Fsp3) is 0.154. The van der Waals surface area contributed by atoms with E-state index in [1.807, 2.05) is 6.92 Å². The summed E-state index contributed by atoms with van der Waals surface area (Å²) in [5.74, 6) is -1.52. The third-order valence-corrected chi connectivity index (χ3v) is 2.51. The van der Waals surface area contributed by atoms with Gasteiger partial charge >= 0.3 is 5.97 Å². The number of aromatic nitrogens is 2. The van der Waals surface area contributed by atoms with Gasteiger partial charge in [0.1, 0.15) is 5.75 Å². The number of carbonyl (C=O) groups is 1. The first-order chi connectivity index (χ1) is 9.52. The molecule has 0 radical (unpaired) electrons. The Morgan fingerprint density at radius 1 is 1.35 bits per heavy atom. The van der Waals surface area contributed by atoms with Gasteiger partial charge in [-0.1, -0.05) is 0 Å². The number of aromatic hydroxyl groups is 1. The normalized spacial score (nSPS) is 10.2. The van der Waals surface area contributed by atoms with Crippen molar-refractivity contribution in [1.29, 1.82) is 0 Å². The van der Waals surface area contributed by atoms with Gasteiger partial charge in [-0.15, -0.1) is 0 Å². The molecule has 7 heteroatoms. The molecule has 2 aromatic rings. The highest BCUT2D eigenvalue weighted by Crippen LogP contribution is 2.15. The van der Waals surface area contributed by atoms with E-state index in [0.29, 0.717) is 18.0 Å². The zero-order chi connectivity index (χ0) is 14.7. The highest BCUT2D eigenvalue weighted by atomic mass is 16.5. The molecule has 104 valence electrons. The van der Waals surface area contributed by atoms with Crippen molar-refractivity contribution in [3.63, 3.8) is 0 Å². The molecule has 2 N–H and O–H groups in total. The van der Waals surface area contributed by atoms with Crippen LogP contribution in [0.25, 0.3) is 5.69 Å². The summed E-state index contributed by atoms with van der Waals surface area (Å²) in [7, 11) is 0. The number of ether oxygens (including phenoxy) is 1. The summed E-state index contributed by atoms with van der Waals surface area (Å²) in [6.45, 7) is 2.38. The fourth-order valence-corrected chi connectivity index (χ4v) is 1.61. The van der Waals surface area contributed by atoms with E-state index in [0.717, 1.165) is 10.9 Å². The van der Waals surface area contributed by atoms with Gasteiger partial charge in [0.2, 0.25) is 5.69 Å². The molecule has 0 aliphatic carbocycles. The summed E-state index contributed by atoms with van der Waals surface area (Å²) < 4.78 is 6.40. The van der Waals surface area contributed by atoms with Crippen LogP contribution < -0.4 is 10.2 Å². The molecule has 0 saturated carbocycles. The van der Waals surface area contributed by atoms with Crippen LogP contribution in [0.15, 0.2) is 35.3 Å². The molecule has 0 unspecified atom stereocenters. The highest BCUT2D eigenvalue weighted by Gasteiger charge is 2.15. The van der Waals surface area contributed by atoms with E-state index in [1.165, 1.54) is 0 Å². The van der Waals surface area contributed by atoms with Gasteiger partial charge in [0.05, 0.1) is 18.5 Å². The maximum absolute atomic E-state index is 11.4. The molecule has 2 rings (SSSR count). The lowest BCUT2D eigenvalue weighted by molar-refractivity contribution is 0.0686. The minimum Gasteiger partial charge on any atom is -0.503 e. The monoisotopic (exact) mass is 276 g/mol. The third kappa shape index (κ3) is 2.61. The van der Waals surface area contributed by atoms with Crippen LogP contribution in [-0.4, -0.2) is 32.6 Å². The molecular formula is C13H12N2O5. The lowest BCUT2D eigenvalue weighted by Crippen LogP contribution is -2.20. The summed E-state index contributed by atoms with van der Waals surface area (Å²) in [6.07, 6.45) is 1.06. The van der Waals surface area contributed by atoms with Crippen molar-refractivity contribution >= 4 is 5.97 Å². The first kappa shape index (κ1) is 13.6. The number of nitrogens with zero attached hydrogens (tertiary/aromatic N) is 2. The van der Waals surface area contributed by atoms with Gasteiger partial charge < -0.3 is 14.9 Å². The smallest absolute Gasteiger partial charge is 0.360 e. The van der Waals surface area contributed by atoms with Crippen molar-refractivity contribution in [3.8, 4) is 17.2 Å². The lowest BCUT2D eigenvalue weighted by atomic mass is 10.3. The average molecular weight is 276 g/mol. The van der Waals surface area contributed by atoms with Crippen LogP contribution in [0.1, 0.15) is 17.4 Å². The molecule has 1 heterocycles. The van der Waals surface area contributed by atoms with Gasteiger partial charge in [-0.3, -0.25) is 4.79 Å². The molecule has 1 aromatic heterocycles. The Morgan fingerprint density at radius 3 is 2.55 bits per heavy atom. The summed E-state index contributed by atoms with van der Waals surface area (Å²) in [5, 5.41) is 22.0. The number of carboxylic acid groups (broad SMARTS) is 1. The van der Waals surface area contributed by atoms with Gasteiger partial charge in [0, 0.05) is 0 Å². The number of rotatable bonds is 4. The van der Waals surface area contributed by atoms with E-state index in [1.54, 1.807) is 24.3 Å². The van der Waals surface area contributed by atoms with E-state index >= 15 is 0 Å². The maximum Gasteiger partial charge on any atom is 0.360 e. The van der Waals surface area contributed by atoms with Crippen LogP contribution in [0.5, 0.6) is 11.5 Å². The molecule has 0 fully saturated rings. The molecule has 0 amide bonds. The van der Waals surface area contributed by atoms with Crippen LogP contribution in [0.4, 0.5) is 0 Å². The summed E-state index contributed by atoms with van der Waals surface area (Å²) in [4.78, 5) is 22.3. The number of hydrogen-bond acceptors (Lipinski definition) is 5. The molecule has 0 bridgehead atoms. The van der Waals surface area contributed by atoms with Gasteiger partial charge in [0.25, 0.3) is 5.43 Å². The molecule has 0 aliphatic rings. The van der Waals surface area contributed by atoms with E-state index in [9.17, 15) is 14.7 Å². The Bertz CT molecular complexity index is 691. The Kier molecular flexibility index (Phi) is 3.69. The minimum absolute atomic E-state index is 0.492. The Balaban J connectivity index is 2.47. The van der Waals surface area contributed by atoms with Crippen molar-refractivity contribution in [3.05, 3.63) is 46.4 Å². The zero-order valence-corrected chi connectivity index (χ0v) is 10.6. The molecule has 20 heavy (non-hydrogen) atoms. The van der Waals surface area contributed by atoms with Gasteiger partial charge in [-0.2, -0.15) is 5.10 Å². The van der Waals surface area contributed by atoms with Crippen molar-refractivity contribution < 1.29 is 19.7 Å². The van der Waals surface area contributed by atoms with Crippen molar-refractivity contribution in [2.45, 2.75) is 6.92 Å². The van der Waals surface area contributed by atoms with Crippen LogP contribution in [0.3, 0.4) is 0 Å². The number of carboxylic acids is 1. The second-order valence-corrected chi connectivity index (χ2v) is 3.87. The summed E-state index contributed by atoms with van der Waals surface area (Å²) >= 11 is 0. The topological polar surface area (TPSA) is 102 Å². The molecule has 1 aromatic carbocycles. The zero-order valence-electron chi connectivity index (χ0n) is 10.6. The largest absolute Gasteiger partial charge is 0.503 e. The second-order valence-electron chi connectivity index (χ2n) is 3.87. The molecule has 0 aliphatic heterocycles. The quantitative estimate of drug-likeness (QED) is 0.865. The summed E-state index contributed by atoms with van der Waals surface area (Å²) in [5.41, 5.74) is -1.26. The van der Waals surface area contributed by atoms with Gasteiger partial charge in [-0.05, 0) is 31.2 Å². The van der Waals surface area contributed by atoms with Crippen LogP contribution in [0.2, 0.25) is 0 Å².